The molecule has 5 aromatic carbocycles. The van der Waals surface area contributed by atoms with Crippen LogP contribution in [0.5, 0.6) is 0 Å². The third-order valence-electron chi connectivity index (χ3n) is 5.95. The van der Waals surface area contributed by atoms with Crippen LogP contribution in [0.4, 0.5) is 0 Å². The van der Waals surface area contributed by atoms with Crippen LogP contribution in [0, 0.1) is 0 Å². The van der Waals surface area contributed by atoms with Crippen molar-refractivity contribution in [2.45, 2.75) is 0 Å². The average molecular weight is 420 g/mol. The van der Waals surface area contributed by atoms with Crippen LogP contribution >= 0.6 is 0 Å². The second-order valence-electron chi connectivity index (χ2n) is 7.76. The van der Waals surface area contributed by atoms with Crippen LogP contribution in [-0.2, 0) is 0 Å². The van der Waals surface area contributed by atoms with Crippen molar-refractivity contribution in [3.63, 3.8) is 0 Å². The molecule has 0 aliphatic heterocycles. The highest BCUT2D eigenvalue weighted by Gasteiger charge is 2.14. The highest BCUT2D eigenvalue weighted by Crippen LogP contribution is 2.29. The topological polar surface area (TPSA) is 86.7 Å². The average Bonchev–Trinajstić information content (AvgIpc) is 2.83. The molecule has 0 unspecified atom stereocenters. The third-order valence-corrected chi connectivity index (χ3v) is 5.95. The van der Waals surface area contributed by atoms with E-state index < -0.39 is 0 Å². The van der Waals surface area contributed by atoms with Gasteiger partial charge in [0, 0.05) is 21.5 Å². The zero-order valence-corrected chi connectivity index (χ0v) is 16.4. The van der Waals surface area contributed by atoms with Gasteiger partial charge in [0.05, 0.1) is 0 Å². The molecule has 0 fully saturated rings. The first-order valence-corrected chi connectivity index (χ1v) is 9.95. The Labute approximate surface area is 177 Å². The summed E-state index contributed by atoms with van der Waals surface area (Å²) < 4.78 is 22.0. The van der Waals surface area contributed by atoms with E-state index in [1.54, 1.807) is 48.5 Å². The predicted octanol–water partition coefficient (Wildman–Crippen LogP) is 6.26. The molecule has 7 rings (SSSR count). The molecule has 2 heterocycles. The van der Waals surface area contributed by atoms with Crippen molar-refractivity contribution in [3.05, 3.63) is 94.0 Å². The predicted molar refractivity (Wildman–Crippen MR) is 122 cm³/mol. The van der Waals surface area contributed by atoms with Gasteiger partial charge in [0.15, 0.2) is 33.2 Å². The van der Waals surface area contributed by atoms with Gasteiger partial charge in [0.25, 0.3) is 0 Å². The summed E-state index contributed by atoms with van der Waals surface area (Å²) in [6.45, 7) is 0. The number of fused-ring (bicyclic) bond motifs is 6. The maximum absolute atomic E-state index is 13.4. The molecule has 0 aliphatic carbocycles. The van der Waals surface area contributed by atoms with Gasteiger partial charge >= 0.3 is 0 Å². The molecule has 0 bridgehead atoms. The minimum Gasteiger partial charge on any atom is -0.458 e. The van der Waals surface area contributed by atoms with Gasteiger partial charge in [-0.3, -0.25) is 9.59 Å². The van der Waals surface area contributed by atoms with Gasteiger partial charge in [0.1, 0.15) is 25.1 Å². The Morgan fingerprint density at radius 3 is 0.875 bits per heavy atom. The molecule has 2 aromatic heterocycles. The Morgan fingerprint density at radius 1 is 0.375 bits per heavy atom. The van der Waals surface area contributed by atoms with Crippen molar-refractivity contribution < 1.29 is 17.7 Å². The molecule has 0 saturated carbocycles. The van der Waals surface area contributed by atoms with Crippen LogP contribution in [0.1, 0.15) is 0 Å². The van der Waals surface area contributed by atoms with E-state index in [1.165, 1.54) is 25.1 Å². The summed E-state index contributed by atoms with van der Waals surface area (Å²) in [5.41, 5.74) is 1.85. The molecule has 0 saturated heterocycles. The molecule has 0 radical (unpaired) electrons. The highest BCUT2D eigenvalue weighted by atomic mass is 16.4. The zero-order chi connectivity index (χ0) is 21.4. The Bertz CT molecular complexity index is 1740. The molecule has 0 atom stereocenters. The van der Waals surface area contributed by atoms with Crippen molar-refractivity contribution in [2.24, 2.45) is 0 Å². The summed E-state index contributed by atoms with van der Waals surface area (Å²) in [4.78, 5) is 26.9. The SMILES string of the molecule is O=c1c2cc3cc4occoc4cc3cc2c(=O)c2cc3cc4occoc4cc3cc12. The van der Waals surface area contributed by atoms with Crippen LogP contribution in [0.2, 0.25) is 0 Å². The van der Waals surface area contributed by atoms with Crippen molar-refractivity contribution in [3.8, 4) is 0 Å². The van der Waals surface area contributed by atoms with Crippen LogP contribution < -0.4 is 10.9 Å². The highest BCUT2D eigenvalue weighted by molar-refractivity contribution is 6.10. The number of rotatable bonds is 0. The summed E-state index contributed by atoms with van der Waals surface area (Å²) in [7, 11) is 0. The number of hydrogen-bond acceptors (Lipinski definition) is 6. The van der Waals surface area contributed by atoms with E-state index in [0.717, 1.165) is 21.5 Å². The fourth-order valence-corrected chi connectivity index (χ4v) is 4.43. The Kier molecular flexibility index (Phi) is 3.20. The first kappa shape index (κ1) is 17.1. The van der Waals surface area contributed by atoms with Gasteiger partial charge in [-0.05, 0) is 70.1 Å². The summed E-state index contributed by atoms with van der Waals surface area (Å²) in [6.07, 6.45) is 5.80. The smallest absolute Gasteiger partial charge is 0.194 e. The number of hydrogen-bond donors (Lipinski definition) is 0. The Morgan fingerprint density at radius 2 is 0.625 bits per heavy atom. The summed E-state index contributed by atoms with van der Waals surface area (Å²) in [5, 5.41) is 4.67. The van der Waals surface area contributed by atoms with E-state index in [1.807, 2.05) is 0 Å². The molecule has 6 nitrogen and oxygen atoms in total. The molecule has 152 valence electrons. The maximum Gasteiger partial charge on any atom is 0.194 e. The van der Waals surface area contributed by atoms with Gasteiger partial charge < -0.3 is 17.7 Å². The van der Waals surface area contributed by atoms with Gasteiger partial charge in [0.2, 0.25) is 0 Å². The molecule has 7 aromatic rings. The Balaban J connectivity index is 1.64. The molecule has 0 amide bonds. The third kappa shape index (κ3) is 2.29. The van der Waals surface area contributed by atoms with Gasteiger partial charge in [-0.1, -0.05) is 0 Å². The van der Waals surface area contributed by atoms with E-state index >= 15 is 0 Å². The van der Waals surface area contributed by atoms with Crippen LogP contribution in [0.15, 0.2) is 101 Å². The van der Waals surface area contributed by atoms with Crippen molar-refractivity contribution >= 4 is 65.4 Å². The molecule has 0 aliphatic rings. The summed E-state index contributed by atoms with van der Waals surface area (Å²) >= 11 is 0. The first-order valence-electron chi connectivity index (χ1n) is 9.95. The van der Waals surface area contributed by atoms with Crippen LogP contribution in [0.25, 0.3) is 65.4 Å². The van der Waals surface area contributed by atoms with E-state index in [4.69, 9.17) is 17.7 Å². The second kappa shape index (κ2) is 5.98. The first-order chi connectivity index (χ1) is 15.7. The maximum atomic E-state index is 13.4. The molecule has 6 heteroatoms. The lowest BCUT2D eigenvalue weighted by Gasteiger charge is -2.07. The molecular formula is C26H12O6. The lowest BCUT2D eigenvalue weighted by Crippen LogP contribution is -2.13. The van der Waals surface area contributed by atoms with Gasteiger partial charge in [-0.15, -0.1) is 0 Å². The molecule has 0 spiro atoms. The normalized spacial score (nSPS) is 12.0. The molecule has 0 N–H and O–H groups in total. The summed E-state index contributed by atoms with van der Waals surface area (Å²) in [6, 6.07) is 14.2. The minimum atomic E-state index is -0.192. The zero-order valence-electron chi connectivity index (χ0n) is 16.4. The lowest BCUT2D eigenvalue weighted by atomic mass is 9.96. The fraction of sp³-hybridized carbons (Fsp3) is 0. The van der Waals surface area contributed by atoms with Crippen molar-refractivity contribution in [1.82, 2.24) is 0 Å². The van der Waals surface area contributed by atoms with E-state index in [0.29, 0.717) is 43.9 Å². The molecule has 32 heavy (non-hydrogen) atoms. The summed E-state index contributed by atoms with van der Waals surface area (Å²) in [5.74, 6) is 0. The largest absolute Gasteiger partial charge is 0.458 e. The van der Waals surface area contributed by atoms with Gasteiger partial charge in [-0.25, -0.2) is 0 Å². The molecular weight excluding hydrogens is 408 g/mol. The van der Waals surface area contributed by atoms with Crippen LogP contribution in [-0.4, -0.2) is 0 Å². The van der Waals surface area contributed by atoms with Crippen molar-refractivity contribution in [1.29, 1.82) is 0 Å². The van der Waals surface area contributed by atoms with E-state index in [-0.39, 0.29) is 10.9 Å². The quantitative estimate of drug-likeness (QED) is 0.269. The van der Waals surface area contributed by atoms with E-state index in [9.17, 15) is 9.59 Å². The standard InChI is InChI=1S/C26H12O6/c27-25-17-5-13-9-21-22(30-2-1-29-21)10-14(13)6-18(17)26(28)20-8-16-12-24-23(31-3-4-32-24)11-15(16)7-19(20)25/h1-12H. The number of benzene rings is 5. The lowest BCUT2D eigenvalue weighted by molar-refractivity contribution is 0.510. The monoisotopic (exact) mass is 420 g/mol. The minimum absolute atomic E-state index is 0.192. The van der Waals surface area contributed by atoms with Gasteiger partial charge in [-0.2, -0.15) is 0 Å². The van der Waals surface area contributed by atoms with Crippen LogP contribution in [0.3, 0.4) is 0 Å². The second-order valence-corrected chi connectivity index (χ2v) is 7.76. The Hall–Kier alpha value is -4.58. The van der Waals surface area contributed by atoms with Crippen molar-refractivity contribution in [2.75, 3.05) is 0 Å². The van der Waals surface area contributed by atoms with E-state index in [2.05, 4.69) is 0 Å². The fourth-order valence-electron chi connectivity index (χ4n) is 4.43.